The highest BCUT2D eigenvalue weighted by Crippen LogP contribution is 2.34. The van der Waals surface area contributed by atoms with E-state index in [1.165, 1.54) is 23.5 Å². The number of thiazole rings is 1. The van der Waals surface area contributed by atoms with Crippen LogP contribution in [0.3, 0.4) is 0 Å². The molecule has 0 amide bonds. The Bertz CT molecular complexity index is 488. The van der Waals surface area contributed by atoms with Gasteiger partial charge in [-0.15, -0.1) is 11.3 Å². The smallest absolute Gasteiger partial charge is 0.180 e. The van der Waals surface area contributed by atoms with Gasteiger partial charge in [0.05, 0.1) is 5.69 Å². The summed E-state index contributed by atoms with van der Waals surface area (Å²) in [6.45, 7) is 4.19. The van der Waals surface area contributed by atoms with Crippen LogP contribution in [0.25, 0.3) is 11.3 Å². The van der Waals surface area contributed by atoms with Crippen LogP contribution in [0, 0.1) is 5.82 Å². The van der Waals surface area contributed by atoms with Crippen molar-refractivity contribution in [3.8, 4) is 11.3 Å². The SMILES string of the molecule is CC(C)c1sc(N)nc1-c1ccc(F)cc1. The lowest BCUT2D eigenvalue weighted by atomic mass is 10.1. The molecule has 0 aliphatic heterocycles. The number of aromatic nitrogens is 1. The summed E-state index contributed by atoms with van der Waals surface area (Å²) in [4.78, 5) is 5.45. The highest BCUT2D eigenvalue weighted by molar-refractivity contribution is 7.15. The molecule has 0 saturated heterocycles. The summed E-state index contributed by atoms with van der Waals surface area (Å²) in [6, 6.07) is 6.34. The zero-order chi connectivity index (χ0) is 11.7. The zero-order valence-corrected chi connectivity index (χ0v) is 10.0. The topological polar surface area (TPSA) is 38.9 Å². The van der Waals surface area contributed by atoms with Gasteiger partial charge in [-0.25, -0.2) is 9.37 Å². The van der Waals surface area contributed by atoms with Crippen LogP contribution in [0.4, 0.5) is 9.52 Å². The molecule has 0 fully saturated rings. The summed E-state index contributed by atoms with van der Waals surface area (Å²) >= 11 is 1.49. The van der Waals surface area contributed by atoms with Crippen LogP contribution in [0.1, 0.15) is 24.6 Å². The molecule has 2 aromatic rings. The van der Waals surface area contributed by atoms with Crippen LogP contribution in [0.15, 0.2) is 24.3 Å². The maximum absolute atomic E-state index is 12.8. The number of nitrogen functional groups attached to an aromatic ring is 1. The van der Waals surface area contributed by atoms with E-state index in [4.69, 9.17) is 5.73 Å². The van der Waals surface area contributed by atoms with Gasteiger partial charge < -0.3 is 5.73 Å². The Morgan fingerprint density at radius 2 is 1.88 bits per heavy atom. The van der Waals surface area contributed by atoms with E-state index in [-0.39, 0.29) is 5.82 Å². The van der Waals surface area contributed by atoms with E-state index < -0.39 is 0 Å². The van der Waals surface area contributed by atoms with Crippen LogP contribution < -0.4 is 5.73 Å². The Kier molecular flexibility index (Phi) is 2.92. The lowest BCUT2D eigenvalue weighted by Crippen LogP contribution is -1.88. The molecule has 16 heavy (non-hydrogen) atoms. The maximum Gasteiger partial charge on any atom is 0.180 e. The monoisotopic (exact) mass is 236 g/mol. The fourth-order valence-electron chi connectivity index (χ4n) is 1.55. The van der Waals surface area contributed by atoms with Gasteiger partial charge in [0.1, 0.15) is 5.82 Å². The van der Waals surface area contributed by atoms with Gasteiger partial charge in [0.15, 0.2) is 5.13 Å². The van der Waals surface area contributed by atoms with Crippen molar-refractivity contribution < 1.29 is 4.39 Å². The van der Waals surface area contributed by atoms with Gasteiger partial charge in [-0.1, -0.05) is 13.8 Å². The minimum Gasteiger partial charge on any atom is -0.375 e. The summed E-state index contributed by atoms with van der Waals surface area (Å²) in [5.41, 5.74) is 7.51. The third-order valence-electron chi connectivity index (χ3n) is 2.31. The predicted octanol–water partition coefficient (Wildman–Crippen LogP) is 3.65. The first-order valence-corrected chi connectivity index (χ1v) is 5.91. The fourth-order valence-corrected chi connectivity index (χ4v) is 2.41. The maximum atomic E-state index is 12.8. The molecular formula is C12H13FN2S. The molecule has 0 atom stereocenters. The highest BCUT2D eigenvalue weighted by atomic mass is 32.1. The number of hydrogen-bond donors (Lipinski definition) is 1. The molecule has 1 aromatic heterocycles. The Labute approximate surface area is 97.9 Å². The van der Waals surface area contributed by atoms with Crippen molar-refractivity contribution in [2.75, 3.05) is 5.73 Å². The van der Waals surface area contributed by atoms with Gasteiger partial charge >= 0.3 is 0 Å². The molecule has 0 aliphatic rings. The van der Waals surface area contributed by atoms with Crippen LogP contribution in [-0.2, 0) is 0 Å². The molecule has 2 nitrogen and oxygen atoms in total. The second kappa shape index (κ2) is 4.22. The largest absolute Gasteiger partial charge is 0.375 e. The minimum atomic E-state index is -0.238. The first-order valence-electron chi connectivity index (χ1n) is 5.10. The number of rotatable bonds is 2. The predicted molar refractivity (Wildman–Crippen MR) is 66.0 cm³/mol. The lowest BCUT2D eigenvalue weighted by Gasteiger charge is -2.04. The second-order valence-electron chi connectivity index (χ2n) is 3.93. The molecule has 2 rings (SSSR count). The van der Waals surface area contributed by atoms with Crippen LogP contribution in [0.5, 0.6) is 0 Å². The summed E-state index contributed by atoms with van der Waals surface area (Å²) < 4.78 is 12.8. The van der Waals surface area contributed by atoms with E-state index in [1.807, 2.05) is 0 Å². The second-order valence-corrected chi connectivity index (χ2v) is 4.99. The van der Waals surface area contributed by atoms with Crippen molar-refractivity contribution in [1.29, 1.82) is 0 Å². The van der Waals surface area contributed by atoms with E-state index >= 15 is 0 Å². The van der Waals surface area contributed by atoms with E-state index in [9.17, 15) is 4.39 Å². The lowest BCUT2D eigenvalue weighted by molar-refractivity contribution is 0.628. The van der Waals surface area contributed by atoms with Gasteiger partial charge in [-0.2, -0.15) is 0 Å². The third kappa shape index (κ3) is 2.07. The normalized spacial score (nSPS) is 11.0. The van der Waals surface area contributed by atoms with Crippen molar-refractivity contribution in [3.63, 3.8) is 0 Å². The van der Waals surface area contributed by atoms with Crippen molar-refractivity contribution >= 4 is 16.5 Å². The average molecular weight is 236 g/mol. The summed E-state index contributed by atoms with van der Waals surface area (Å²) in [5.74, 6) is 0.132. The molecule has 84 valence electrons. The molecule has 0 radical (unpaired) electrons. The van der Waals surface area contributed by atoms with Crippen LogP contribution in [0.2, 0.25) is 0 Å². The molecule has 2 N–H and O–H groups in total. The Morgan fingerprint density at radius 3 is 2.44 bits per heavy atom. The van der Waals surface area contributed by atoms with E-state index in [1.54, 1.807) is 12.1 Å². The fraction of sp³-hybridized carbons (Fsp3) is 0.250. The van der Waals surface area contributed by atoms with Crippen molar-refractivity contribution in [3.05, 3.63) is 35.0 Å². The Morgan fingerprint density at radius 1 is 1.25 bits per heavy atom. The first kappa shape index (κ1) is 11.1. The van der Waals surface area contributed by atoms with Gasteiger partial charge in [-0.05, 0) is 30.2 Å². The number of nitrogens with zero attached hydrogens (tertiary/aromatic N) is 1. The average Bonchev–Trinajstić information content (AvgIpc) is 2.61. The van der Waals surface area contributed by atoms with Gasteiger partial charge in [-0.3, -0.25) is 0 Å². The van der Waals surface area contributed by atoms with E-state index in [0.717, 1.165) is 16.1 Å². The zero-order valence-electron chi connectivity index (χ0n) is 9.20. The van der Waals surface area contributed by atoms with Crippen molar-refractivity contribution in [2.24, 2.45) is 0 Å². The number of anilines is 1. The summed E-state index contributed by atoms with van der Waals surface area (Å²) in [5, 5.41) is 0.558. The molecule has 0 aliphatic carbocycles. The number of benzene rings is 1. The van der Waals surface area contributed by atoms with Crippen LogP contribution >= 0.6 is 11.3 Å². The molecule has 1 aromatic carbocycles. The van der Waals surface area contributed by atoms with Gasteiger partial charge in [0.25, 0.3) is 0 Å². The van der Waals surface area contributed by atoms with Crippen molar-refractivity contribution in [1.82, 2.24) is 4.98 Å². The molecule has 0 saturated carbocycles. The Balaban J connectivity index is 2.50. The molecule has 4 heteroatoms. The quantitative estimate of drug-likeness (QED) is 0.864. The van der Waals surface area contributed by atoms with E-state index in [0.29, 0.717) is 11.0 Å². The van der Waals surface area contributed by atoms with E-state index in [2.05, 4.69) is 18.8 Å². The number of halogens is 1. The van der Waals surface area contributed by atoms with Crippen LogP contribution in [-0.4, -0.2) is 4.98 Å². The number of hydrogen-bond acceptors (Lipinski definition) is 3. The molecule has 1 heterocycles. The first-order chi connectivity index (χ1) is 7.58. The molecule has 0 unspecified atom stereocenters. The van der Waals surface area contributed by atoms with Gasteiger partial charge in [0, 0.05) is 10.4 Å². The Hall–Kier alpha value is -1.42. The summed E-state index contributed by atoms with van der Waals surface area (Å²) in [7, 11) is 0. The van der Waals surface area contributed by atoms with Crippen molar-refractivity contribution in [2.45, 2.75) is 19.8 Å². The molecular weight excluding hydrogens is 223 g/mol. The summed E-state index contributed by atoms with van der Waals surface area (Å²) in [6.07, 6.45) is 0. The minimum absolute atomic E-state index is 0.238. The molecule has 0 bridgehead atoms. The van der Waals surface area contributed by atoms with Gasteiger partial charge in [0.2, 0.25) is 0 Å². The molecule has 0 spiro atoms. The third-order valence-corrected chi connectivity index (χ3v) is 3.50. The standard InChI is InChI=1S/C12H13FN2S/c1-7(2)11-10(15-12(14)16-11)8-3-5-9(13)6-4-8/h3-7H,1-2H3,(H2,14,15). The highest BCUT2D eigenvalue weighted by Gasteiger charge is 2.14. The number of nitrogens with two attached hydrogens (primary N) is 1.